The van der Waals surface area contributed by atoms with E-state index in [1.54, 1.807) is 0 Å². The van der Waals surface area contributed by atoms with Gasteiger partial charge in [0.05, 0.1) is 0 Å². The lowest BCUT2D eigenvalue weighted by Crippen LogP contribution is -2.22. The van der Waals surface area contributed by atoms with Crippen molar-refractivity contribution in [1.82, 2.24) is 4.90 Å². The van der Waals surface area contributed by atoms with Crippen LogP contribution in [0.3, 0.4) is 0 Å². The molecule has 2 rings (SSSR count). The van der Waals surface area contributed by atoms with E-state index in [0.29, 0.717) is 0 Å². The van der Waals surface area contributed by atoms with Crippen molar-refractivity contribution in [2.45, 2.75) is 46.1 Å². The highest BCUT2D eigenvalue weighted by molar-refractivity contribution is 4.87. The molecule has 11 heavy (non-hydrogen) atoms. The van der Waals surface area contributed by atoms with Gasteiger partial charge in [-0.25, -0.2) is 0 Å². The molecule has 0 aromatic heterocycles. The second-order valence-corrected chi connectivity index (χ2v) is 3.63. The van der Waals surface area contributed by atoms with Gasteiger partial charge in [-0.15, -0.1) is 0 Å². The molecule has 1 nitrogen and oxygen atoms in total. The molecular weight excluding hydrogens is 134 g/mol. The van der Waals surface area contributed by atoms with Gasteiger partial charge in [0.1, 0.15) is 0 Å². The molecule has 0 N–H and O–H groups in total. The van der Waals surface area contributed by atoms with Gasteiger partial charge in [-0.1, -0.05) is 20.8 Å². The van der Waals surface area contributed by atoms with Gasteiger partial charge < -0.3 is 4.90 Å². The molecule has 0 bridgehead atoms. The minimum absolute atomic E-state index is 0.982. The Kier molecular flexibility index (Phi) is 3.38. The predicted octanol–water partition coefficient (Wildman–Crippen LogP) is 2.52. The highest BCUT2D eigenvalue weighted by atomic mass is 15.2. The van der Waals surface area contributed by atoms with Crippen molar-refractivity contribution in [3.05, 3.63) is 0 Å². The largest absolute Gasteiger partial charge is 0.300 e. The van der Waals surface area contributed by atoms with Crippen molar-refractivity contribution in [2.75, 3.05) is 13.1 Å². The van der Waals surface area contributed by atoms with E-state index in [0.717, 1.165) is 12.0 Å². The van der Waals surface area contributed by atoms with Crippen LogP contribution in [-0.2, 0) is 0 Å². The summed E-state index contributed by atoms with van der Waals surface area (Å²) in [5.41, 5.74) is 0. The first-order chi connectivity index (χ1) is 5.36. The summed E-state index contributed by atoms with van der Waals surface area (Å²) in [6, 6.07) is 0.986. The van der Waals surface area contributed by atoms with Crippen molar-refractivity contribution in [2.24, 2.45) is 5.92 Å². The Morgan fingerprint density at radius 2 is 2.00 bits per heavy atom. The van der Waals surface area contributed by atoms with E-state index in [-0.39, 0.29) is 0 Å². The first-order valence-corrected chi connectivity index (χ1v) is 5.10. The molecule has 66 valence electrons. The lowest BCUT2D eigenvalue weighted by Gasteiger charge is -2.12. The van der Waals surface area contributed by atoms with Crippen LogP contribution in [0.15, 0.2) is 0 Å². The summed E-state index contributed by atoms with van der Waals surface area (Å²) in [5.74, 6) is 0.982. The maximum absolute atomic E-state index is 2.66. The number of rotatable bonds is 0. The smallest absolute Gasteiger partial charge is 0.00988 e. The summed E-state index contributed by atoms with van der Waals surface area (Å²) >= 11 is 0. The van der Waals surface area contributed by atoms with Crippen molar-refractivity contribution in [1.29, 1.82) is 0 Å². The fourth-order valence-electron chi connectivity index (χ4n) is 2.34. The standard InChI is InChI=1S/C8H15N.C2H6/c1-7-5-8-3-2-4-9(8)6-7;1-2/h7-8H,2-6H2,1H3;1-2H3. The Balaban J connectivity index is 0.000000281. The molecule has 2 heterocycles. The van der Waals surface area contributed by atoms with Crippen LogP contribution in [0.1, 0.15) is 40.0 Å². The van der Waals surface area contributed by atoms with Crippen LogP contribution in [0.2, 0.25) is 0 Å². The van der Waals surface area contributed by atoms with Gasteiger partial charge >= 0.3 is 0 Å². The molecule has 2 aliphatic rings. The van der Waals surface area contributed by atoms with Gasteiger partial charge in [-0.05, 0) is 31.7 Å². The quantitative estimate of drug-likeness (QED) is 0.519. The predicted molar refractivity (Wildman–Crippen MR) is 49.7 cm³/mol. The molecule has 0 saturated carbocycles. The summed E-state index contributed by atoms with van der Waals surface area (Å²) in [6.07, 6.45) is 4.40. The molecule has 1 heteroatoms. The van der Waals surface area contributed by atoms with Crippen molar-refractivity contribution in [3.63, 3.8) is 0 Å². The number of nitrogens with zero attached hydrogens (tertiary/aromatic N) is 1. The van der Waals surface area contributed by atoms with Crippen LogP contribution in [0.25, 0.3) is 0 Å². The summed E-state index contributed by atoms with van der Waals surface area (Å²) in [4.78, 5) is 2.66. The molecule has 0 aromatic rings. The summed E-state index contributed by atoms with van der Waals surface area (Å²) < 4.78 is 0. The van der Waals surface area contributed by atoms with Gasteiger partial charge in [-0.2, -0.15) is 0 Å². The van der Waals surface area contributed by atoms with Crippen LogP contribution < -0.4 is 0 Å². The summed E-state index contributed by atoms with van der Waals surface area (Å²) in [6.45, 7) is 9.14. The third-order valence-corrected chi connectivity index (χ3v) is 2.72. The Labute approximate surface area is 70.8 Å². The van der Waals surface area contributed by atoms with Gasteiger partial charge in [0.2, 0.25) is 0 Å². The second kappa shape index (κ2) is 4.10. The summed E-state index contributed by atoms with van der Waals surface area (Å²) in [5, 5.41) is 0. The first kappa shape index (κ1) is 9.05. The number of hydrogen-bond acceptors (Lipinski definition) is 1. The minimum Gasteiger partial charge on any atom is -0.300 e. The zero-order chi connectivity index (χ0) is 8.27. The van der Waals surface area contributed by atoms with Crippen LogP contribution in [-0.4, -0.2) is 24.0 Å². The van der Waals surface area contributed by atoms with Crippen LogP contribution in [0, 0.1) is 5.92 Å². The van der Waals surface area contributed by atoms with E-state index >= 15 is 0 Å². The Morgan fingerprint density at radius 1 is 1.27 bits per heavy atom. The maximum Gasteiger partial charge on any atom is 0.00988 e. The zero-order valence-corrected chi connectivity index (χ0v) is 8.14. The van der Waals surface area contributed by atoms with E-state index in [2.05, 4.69) is 11.8 Å². The van der Waals surface area contributed by atoms with Gasteiger partial charge in [0, 0.05) is 12.6 Å². The average molecular weight is 155 g/mol. The third kappa shape index (κ3) is 1.96. The lowest BCUT2D eigenvalue weighted by atomic mass is 10.1. The molecular formula is C10H21N. The van der Waals surface area contributed by atoms with Crippen molar-refractivity contribution in [3.8, 4) is 0 Å². The van der Waals surface area contributed by atoms with E-state index in [1.807, 2.05) is 13.8 Å². The van der Waals surface area contributed by atoms with E-state index in [9.17, 15) is 0 Å². The number of hydrogen-bond donors (Lipinski definition) is 0. The molecule has 2 saturated heterocycles. The molecule has 2 atom stereocenters. The summed E-state index contributed by atoms with van der Waals surface area (Å²) in [7, 11) is 0. The Bertz CT molecular complexity index is 99.4. The molecule has 0 amide bonds. The van der Waals surface area contributed by atoms with Gasteiger partial charge in [0.25, 0.3) is 0 Å². The Hall–Kier alpha value is -0.0400. The molecule has 0 radical (unpaired) electrons. The molecule has 0 spiro atoms. The maximum atomic E-state index is 2.66. The van der Waals surface area contributed by atoms with E-state index in [4.69, 9.17) is 0 Å². The third-order valence-electron chi connectivity index (χ3n) is 2.72. The topological polar surface area (TPSA) is 3.24 Å². The average Bonchev–Trinajstić information content (AvgIpc) is 2.51. The second-order valence-electron chi connectivity index (χ2n) is 3.63. The lowest BCUT2D eigenvalue weighted by molar-refractivity contribution is 0.319. The molecule has 0 aliphatic carbocycles. The SMILES string of the molecule is CC.CC1CC2CCCN2C1. The van der Waals surface area contributed by atoms with Crippen molar-refractivity contribution >= 4 is 0 Å². The normalized spacial score (nSPS) is 36.3. The van der Waals surface area contributed by atoms with Crippen LogP contribution >= 0.6 is 0 Å². The molecule has 2 unspecified atom stereocenters. The molecule has 2 aliphatic heterocycles. The highest BCUT2D eigenvalue weighted by Crippen LogP contribution is 2.30. The molecule has 2 fully saturated rings. The highest BCUT2D eigenvalue weighted by Gasteiger charge is 2.32. The monoisotopic (exact) mass is 155 g/mol. The van der Waals surface area contributed by atoms with Gasteiger partial charge in [-0.3, -0.25) is 0 Å². The number of fused-ring (bicyclic) bond motifs is 1. The van der Waals surface area contributed by atoms with Crippen LogP contribution in [0.5, 0.6) is 0 Å². The van der Waals surface area contributed by atoms with E-state index in [1.165, 1.54) is 32.4 Å². The zero-order valence-electron chi connectivity index (χ0n) is 8.14. The molecule has 0 aromatic carbocycles. The first-order valence-electron chi connectivity index (χ1n) is 5.10. The minimum atomic E-state index is 0.982. The fourth-order valence-corrected chi connectivity index (χ4v) is 2.34. The van der Waals surface area contributed by atoms with E-state index < -0.39 is 0 Å². The van der Waals surface area contributed by atoms with Gasteiger partial charge in [0.15, 0.2) is 0 Å². The fraction of sp³-hybridized carbons (Fsp3) is 1.00. The van der Waals surface area contributed by atoms with Crippen molar-refractivity contribution < 1.29 is 0 Å². The Morgan fingerprint density at radius 3 is 2.64 bits per heavy atom. The van der Waals surface area contributed by atoms with Crippen LogP contribution in [0.4, 0.5) is 0 Å².